The molecule has 2 nitrogen and oxygen atoms in total. The molecule has 0 radical (unpaired) electrons. The zero-order valence-electron chi connectivity index (χ0n) is 20.0. The lowest BCUT2D eigenvalue weighted by atomic mass is 9.94. The number of hydrogen-bond donors (Lipinski definition) is 0. The van der Waals surface area contributed by atoms with Gasteiger partial charge in [-0.2, -0.15) is 0 Å². The monoisotopic (exact) mass is 460 g/mol. The number of nitrogens with zero attached hydrogens (tertiary/aromatic N) is 2. The Morgan fingerprint density at radius 1 is 0.528 bits per heavy atom. The van der Waals surface area contributed by atoms with Crippen LogP contribution >= 0.6 is 0 Å². The second kappa shape index (κ2) is 8.21. The maximum Gasteiger partial charge on any atom is 0.145 e. The summed E-state index contributed by atoms with van der Waals surface area (Å²) in [6.07, 6.45) is 0. The van der Waals surface area contributed by atoms with Gasteiger partial charge in [-0.3, -0.25) is 4.57 Å². The Morgan fingerprint density at radius 3 is 2.06 bits per heavy atom. The van der Waals surface area contributed by atoms with E-state index in [1.807, 2.05) is 12.1 Å². The van der Waals surface area contributed by atoms with Crippen LogP contribution < -0.4 is 0 Å². The first-order chi connectivity index (χ1) is 17.8. The lowest BCUT2D eigenvalue weighted by molar-refractivity contribution is 1.10. The summed E-state index contributed by atoms with van der Waals surface area (Å²) in [6.45, 7) is 2.23. The van der Waals surface area contributed by atoms with E-state index >= 15 is 0 Å². The van der Waals surface area contributed by atoms with Gasteiger partial charge in [-0.25, -0.2) is 4.98 Å². The molecule has 6 aromatic carbocycles. The van der Waals surface area contributed by atoms with Crippen LogP contribution in [-0.4, -0.2) is 9.55 Å². The lowest BCUT2D eigenvalue weighted by Gasteiger charge is -2.11. The molecular formula is C34H24N2. The van der Waals surface area contributed by atoms with Crippen LogP contribution in [0.4, 0.5) is 0 Å². The third kappa shape index (κ3) is 3.30. The standard InChI is InChI=1S/C34H24N2/c1-23-30-12-6-5-9-27(30)21-28-20-19-26(22-31(23)28)24-15-17-25(18-16-24)34-35-32-13-7-8-14-33(32)36(34)29-10-3-2-4-11-29/h2-22H,1H3. The van der Waals surface area contributed by atoms with Crippen molar-refractivity contribution in [2.24, 2.45) is 0 Å². The summed E-state index contributed by atoms with van der Waals surface area (Å²) < 4.78 is 2.24. The van der Waals surface area contributed by atoms with E-state index < -0.39 is 0 Å². The van der Waals surface area contributed by atoms with Crippen molar-refractivity contribution in [3.63, 3.8) is 0 Å². The number of aryl methyl sites for hydroxylation is 1. The van der Waals surface area contributed by atoms with Gasteiger partial charge in [0.2, 0.25) is 0 Å². The number of hydrogen-bond acceptors (Lipinski definition) is 1. The molecule has 0 aliphatic heterocycles. The van der Waals surface area contributed by atoms with Gasteiger partial charge < -0.3 is 0 Å². The fourth-order valence-electron chi connectivity index (χ4n) is 5.33. The molecule has 0 aliphatic carbocycles. The van der Waals surface area contributed by atoms with Crippen LogP contribution in [0.25, 0.3) is 60.8 Å². The van der Waals surface area contributed by atoms with Crippen molar-refractivity contribution in [3.05, 3.63) is 133 Å². The van der Waals surface area contributed by atoms with Gasteiger partial charge in [0.15, 0.2) is 0 Å². The van der Waals surface area contributed by atoms with Gasteiger partial charge in [-0.05, 0) is 81.6 Å². The number of para-hydroxylation sites is 3. The summed E-state index contributed by atoms with van der Waals surface area (Å²) in [7, 11) is 0. The molecule has 1 aromatic heterocycles. The van der Waals surface area contributed by atoms with Gasteiger partial charge in [-0.15, -0.1) is 0 Å². The van der Waals surface area contributed by atoms with E-state index in [1.165, 1.54) is 38.2 Å². The van der Waals surface area contributed by atoms with Gasteiger partial charge in [0, 0.05) is 11.3 Å². The van der Waals surface area contributed by atoms with E-state index in [2.05, 4.69) is 127 Å². The van der Waals surface area contributed by atoms with E-state index in [4.69, 9.17) is 4.98 Å². The van der Waals surface area contributed by atoms with Gasteiger partial charge in [0.1, 0.15) is 5.82 Å². The van der Waals surface area contributed by atoms with Crippen molar-refractivity contribution in [1.82, 2.24) is 9.55 Å². The molecule has 0 saturated heterocycles. The highest BCUT2D eigenvalue weighted by Crippen LogP contribution is 2.33. The fourth-order valence-corrected chi connectivity index (χ4v) is 5.33. The number of rotatable bonds is 3. The van der Waals surface area contributed by atoms with Gasteiger partial charge in [-0.1, -0.05) is 91.0 Å². The maximum atomic E-state index is 5.01. The second-order valence-electron chi connectivity index (χ2n) is 9.33. The molecule has 0 bridgehead atoms. The Balaban J connectivity index is 1.33. The minimum atomic E-state index is 0.953. The normalized spacial score (nSPS) is 11.5. The highest BCUT2D eigenvalue weighted by molar-refractivity contribution is 6.03. The molecule has 7 aromatic rings. The number of imidazole rings is 1. The molecule has 2 heteroatoms. The average molecular weight is 461 g/mol. The minimum absolute atomic E-state index is 0.953. The van der Waals surface area contributed by atoms with Gasteiger partial charge in [0.05, 0.1) is 11.0 Å². The fraction of sp³-hybridized carbons (Fsp3) is 0.0294. The van der Waals surface area contributed by atoms with E-state index in [0.717, 1.165) is 28.1 Å². The predicted molar refractivity (Wildman–Crippen MR) is 152 cm³/mol. The molecule has 36 heavy (non-hydrogen) atoms. The molecule has 0 aliphatic rings. The average Bonchev–Trinajstić information content (AvgIpc) is 3.33. The summed E-state index contributed by atoms with van der Waals surface area (Å²) >= 11 is 0. The molecule has 170 valence electrons. The first-order valence-electron chi connectivity index (χ1n) is 12.3. The van der Waals surface area contributed by atoms with Crippen LogP contribution in [0.3, 0.4) is 0 Å². The van der Waals surface area contributed by atoms with E-state index in [9.17, 15) is 0 Å². The first-order valence-corrected chi connectivity index (χ1v) is 12.3. The van der Waals surface area contributed by atoms with Crippen LogP contribution in [0, 0.1) is 6.92 Å². The van der Waals surface area contributed by atoms with Crippen LogP contribution in [-0.2, 0) is 0 Å². The van der Waals surface area contributed by atoms with Crippen LogP contribution in [0.5, 0.6) is 0 Å². The number of benzene rings is 6. The zero-order chi connectivity index (χ0) is 24.1. The summed E-state index contributed by atoms with van der Waals surface area (Å²) in [4.78, 5) is 5.01. The van der Waals surface area contributed by atoms with Crippen molar-refractivity contribution < 1.29 is 0 Å². The topological polar surface area (TPSA) is 17.8 Å². The minimum Gasteiger partial charge on any atom is -0.292 e. The van der Waals surface area contributed by atoms with Crippen molar-refractivity contribution in [2.75, 3.05) is 0 Å². The van der Waals surface area contributed by atoms with E-state index in [0.29, 0.717) is 0 Å². The molecular weight excluding hydrogens is 436 g/mol. The molecule has 0 N–H and O–H groups in total. The maximum absolute atomic E-state index is 5.01. The Morgan fingerprint density at radius 2 is 1.19 bits per heavy atom. The smallest absolute Gasteiger partial charge is 0.145 e. The molecule has 0 fully saturated rings. The Labute approximate surface area is 210 Å². The van der Waals surface area contributed by atoms with Crippen molar-refractivity contribution in [1.29, 1.82) is 0 Å². The molecule has 0 atom stereocenters. The predicted octanol–water partition coefficient (Wildman–Crippen LogP) is 8.97. The molecule has 0 spiro atoms. The summed E-state index contributed by atoms with van der Waals surface area (Å²) in [5, 5.41) is 5.20. The highest BCUT2D eigenvalue weighted by Gasteiger charge is 2.14. The van der Waals surface area contributed by atoms with E-state index in [-0.39, 0.29) is 0 Å². The SMILES string of the molecule is Cc1c2ccccc2cc2ccc(-c3ccc(-c4nc5ccccc5n4-c4ccccc4)cc3)cc12. The van der Waals surface area contributed by atoms with Crippen LogP contribution in [0.15, 0.2) is 127 Å². The number of aromatic nitrogens is 2. The summed E-state index contributed by atoms with van der Waals surface area (Å²) in [5.74, 6) is 0.953. The van der Waals surface area contributed by atoms with Gasteiger partial charge in [0.25, 0.3) is 0 Å². The quantitative estimate of drug-likeness (QED) is 0.241. The first kappa shape index (κ1) is 20.7. The molecule has 0 amide bonds. The third-order valence-corrected chi connectivity index (χ3v) is 7.18. The van der Waals surface area contributed by atoms with Crippen molar-refractivity contribution in [2.45, 2.75) is 6.92 Å². The van der Waals surface area contributed by atoms with Crippen molar-refractivity contribution >= 4 is 32.6 Å². The van der Waals surface area contributed by atoms with Crippen LogP contribution in [0.2, 0.25) is 0 Å². The van der Waals surface area contributed by atoms with Crippen molar-refractivity contribution in [3.8, 4) is 28.2 Å². The molecule has 0 unspecified atom stereocenters. The number of fused-ring (bicyclic) bond motifs is 3. The highest BCUT2D eigenvalue weighted by atomic mass is 15.1. The Hall–Kier alpha value is -4.69. The zero-order valence-corrected chi connectivity index (χ0v) is 20.0. The third-order valence-electron chi connectivity index (χ3n) is 7.18. The molecule has 0 saturated carbocycles. The summed E-state index contributed by atoms with van der Waals surface area (Å²) in [6, 6.07) is 45.3. The molecule has 1 heterocycles. The second-order valence-corrected chi connectivity index (χ2v) is 9.33. The largest absolute Gasteiger partial charge is 0.292 e. The Bertz CT molecular complexity index is 1880. The lowest BCUT2D eigenvalue weighted by Crippen LogP contribution is -1.97. The van der Waals surface area contributed by atoms with Gasteiger partial charge >= 0.3 is 0 Å². The van der Waals surface area contributed by atoms with E-state index in [1.54, 1.807) is 0 Å². The Kier molecular flexibility index (Phi) is 4.71. The molecule has 7 rings (SSSR count). The summed E-state index contributed by atoms with van der Waals surface area (Å²) in [5.41, 5.74) is 8.08. The van der Waals surface area contributed by atoms with Crippen LogP contribution in [0.1, 0.15) is 5.56 Å².